The molecule has 7 nitrogen and oxygen atoms in total. The van der Waals surface area contributed by atoms with Gasteiger partial charge in [0.2, 0.25) is 0 Å². The first-order valence-corrected chi connectivity index (χ1v) is 8.60. The summed E-state index contributed by atoms with van der Waals surface area (Å²) in [7, 11) is -3.54. The molecule has 8 heteroatoms. The molecule has 1 aliphatic heterocycles. The Labute approximate surface area is 125 Å². The molecule has 0 saturated carbocycles. The second kappa shape index (κ2) is 6.43. The molecular formula is C13H23N3O4S. The van der Waals surface area contributed by atoms with E-state index >= 15 is 0 Å². The highest BCUT2D eigenvalue weighted by Crippen LogP contribution is 2.24. The number of hydrogen-bond donors (Lipinski definition) is 2. The largest absolute Gasteiger partial charge is 0.396 e. The summed E-state index contributed by atoms with van der Waals surface area (Å²) in [6.45, 7) is 6.35. The van der Waals surface area contributed by atoms with Crippen LogP contribution in [0.3, 0.4) is 0 Å². The molecule has 21 heavy (non-hydrogen) atoms. The number of rotatable bonds is 5. The van der Waals surface area contributed by atoms with E-state index in [2.05, 4.69) is 9.88 Å². The first kappa shape index (κ1) is 16.4. The van der Waals surface area contributed by atoms with Crippen LogP contribution in [0, 0.1) is 19.8 Å². The van der Waals surface area contributed by atoms with Crippen LogP contribution in [0.15, 0.2) is 4.52 Å². The molecule has 0 aliphatic carbocycles. The Hall–Kier alpha value is -0.960. The number of nitrogens with zero attached hydrogens (tertiary/aromatic N) is 2. The maximum absolute atomic E-state index is 12.4. The molecule has 0 spiro atoms. The molecule has 2 N–H and O–H groups in total. The third-order valence-electron chi connectivity index (χ3n) is 4.02. The van der Waals surface area contributed by atoms with Crippen LogP contribution in [0.5, 0.6) is 0 Å². The van der Waals surface area contributed by atoms with E-state index in [-0.39, 0.29) is 12.5 Å². The fourth-order valence-electron chi connectivity index (χ4n) is 2.80. The van der Waals surface area contributed by atoms with Crippen molar-refractivity contribution in [1.29, 1.82) is 0 Å². The van der Waals surface area contributed by atoms with Gasteiger partial charge in [0.25, 0.3) is 10.2 Å². The van der Waals surface area contributed by atoms with Crippen molar-refractivity contribution in [3.63, 3.8) is 0 Å². The predicted octanol–water partition coefficient (Wildman–Crippen LogP) is 0.891. The number of aryl methyl sites for hydroxylation is 2. The van der Waals surface area contributed by atoms with Gasteiger partial charge >= 0.3 is 0 Å². The fraction of sp³-hybridized carbons (Fsp3) is 0.769. The smallest absolute Gasteiger partial charge is 0.279 e. The van der Waals surface area contributed by atoms with E-state index < -0.39 is 16.3 Å². The van der Waals surface area contributed by atoms with Crippen molar-refractivity contribution in [2.45, 2.75) is 39.7 Å². The van der Waals surface area contributed by atoms with Crippen molar-refractivity contribution in [3.05, 3.63) is 17.0 Å². The Kier molecular flexibility index (Phi) is 5.03. The Morgan fingerprint density at radius 3 is 2.52 bits per heavy atom. The molecule has 120 valence electrons. The fourth-order valence-corrected chi connectivity index (χ4v) is 4.20. The molecule has 1 aliphatic rings. The van der Waals surface area contributed by atoms with Crippen LogP contribution >= 0.6 is 0 Å². The third kappa shape index (κ3) is 3.63. The molecule has 0 radical (unpaired) electrons. The van der Waals surface area contributed by atoms with E-state index in [1.807, 2.05) is 0 Å². The van der Waals surface area contributed by atoms with E-state index in [9.17, 15) is 8.42 Å². The van der Waals surface area contributed by atoms with Crippen molar-refractivity contribution in [2.75, 3.05) is 19.7 Å². The van der Waals surface area contributed by atoms with Gasteiger partial charge in [-0.3, -0.25) is 0 Å². The average Bonchev–Trinajstić information content (AvgIpc) is 2.77. The summed E-state index contributed by atoms with van der Waals surface area (Å²) in [6, 6.07) is -0.392. The van der Waals surface area contributed by atoms with Gasteiger partial charge in [0.05, 0.1) is 11.7 Å². The molecule has 1 saturated heterocycles. The maximum atomic E-state index is 12.4. The molecule has 0 aromatic carbocycles. The Morgan fingerprint density at radius 2 is 2.05 bits per heavy atom. The number of hydrogen-bond acceptors (Lipinski definition) is 5. The lowest BCUT2D eigenvalue weighted by Gasteiger charge is -2.31. The molecule has 0 bridgehead atoms. The molecule has 2 heterocycles. The molecule has 1 unspecified atom stereocenters. The summed E-state index contributed by atoms with van der Waals surface area (Å²) in [4.78, 5) is 0. The van der Waals surface area contributed by atoms with Crippen molar-refractivity contribution < 1.29 is 18.0 Å². The predicted molar refractivity (Wildman–Crippen MR) is 77.8 cm³/mol. The highest BCUT2D eigenvalue weighted by molar-refractivity contribution is 7.87. The summed E-state index contributed by atoms with van der Waals surface area (Å²) in [5.74, 6) is 0.832. The van der Waals surface area contributed by atoms with Crippen LogP contribution in [-0.4, -0.2) is 42.7 Å². The van der Waals surface area contributed by atoms with Crippen molar-refractivity contribution >= 4 is 10.2 Å². The first-order valence-electron chi connectivity index (χ1n) is 7.16. The van der Waals surface area contributed by atoms with E-state index in [1.165, 1.54) is 4.31 Å². The molecule has 1 fully saturated rings. The minimum atomic E-state index is -3.54. The van der Waals surface area contributed by atoms with Gasteiger partial charge in [0, 0.05) is 25.3 Å². The molecule has 2 rings (SSSR count). The zero-order valence-electron chi connectivity index (χ0n) is 12.7. The van der Waals surface area contributed by atoms with E-state index in [0.29, 0.717) is 37.4 Å². The molecule has 1 aromatic rings. The lowest BCUT2D eigenvalue weighted by Crippen LogP contribution is -2.46. The molecular weight excluding hydrogens is 294 g/mol. The highest BCUT2D eigenvalue weighted by Gasteiger charge is 2.30. The van der Waals surface area contributed by atoms with E-state index in [1.54, 1.807) is 20.8 Å². The van der Waals surface area contributed by atoms with Crippen molar-refractivity contribution in [3.8, 4) is 0 Å². The van der Waals surface area contributed by atoms with Gasteiger partial charge in [-0.25, -0.2) is 0 Å². The summed E-state index contributed by atoms with van der Waals surface area (Å²) < 4.78 is 34.0. The van der Waals surface area contributed by atoms with E-state index in [4.69, 9.17) is 9.63 Å². The second-order valence-corrected chi connectivity index (χ2v) is 7.31. The van der Waals surface area contributed by atoms with Crippen LogP contribution < -0.4 is 4.72 Å². The molecule has 1 aromatic heterocycles. The number of piperidine rings is 1. The van der Waals surface area contributed by atoms with Gasteiger partial charge in [0.1, 0.15) is 5.76 Å². The second-order valence-electron chi connectivity index (χ2n) is 5.61. The third-order valence-corrected chi connectivity index (χ3v) is 5.72. The van der Waals surface area contributed by atoms with E-state index in [0.717, 1.165) is 5.56 Å². The van der Waals surface area contributed by atoms with Crippen LogP contribution in [0.2, 0.25) is 0 Å². The van der Waals surface area contributed by atoms with Gasteiger partial charge in [-0.1, -0.05) is 5.16 Å². The average molecular weight is 317 g/mol. The normalized spacial score (nSPS) is 19.8. The minimum absolute atomic E-state index is 0.122. The first-order chi connectivity index (χ1) is 9.85. The van der Waals surface area contributed by atoms with Gasteiger partial charge < -0.3 is 9.63 Å². The number of aliphatic hydroxyl groups excluding tert-OH is 1. The zero-order chi connectivity index (χ0) is 15.6. The van der Waals surface area contributed by atoms with Gasteiger partial charge in [-0.2, -0.15) is 17.4 Å². The van der Waals surface area contributed by atoms with Crippen LogP contribution in [0.1, 0.15) is 42.8 Å². The molecule has 1 atom stereocenters. The Morgan fingerprint density at radius 1 is 1.43 bits per heavy atom. The minimum Gasteiger partial charge on any atom is -0.396 e. The topological polar surface area (TPSA) is 95.7 Å². The summed E-state index contributed by atoms with van der Waals surface area (Å²) >= 11 is 0. The lowest BCUT2D eigenvalue weighted by atomic mass is 10.00. The zero-order valence-corrected chi connectivity index (χ0v) is 13.5. The molecule has 0 amide bonds. The number of aromatic nitrogens is 1. The summed E-state index contributed by atoms with van der Waals surface area (Å²) in [5.41, 5.74) is 1.48. The summed E-state index contributed by atoms with van der Waals surface area (Å²) in [6.07, 6.45) is 1.38. The number of aliphatic hydroxyl groups is 1. The van der Waals surface area contributed by atoms with Crippen LogP contribution in [0.25, 0.3) is 0 Å². The monoisotopic (exact) mass is 317 g/mol. The van der Waals surface area contributed by atoms with Crippen molar-refractivity contribution in [2.24, 2.45) is 5.92 Å². The quantitative estimate of drug-likeness (QED) is 0.841. The van der Waals surface area contributed by atoms with Gasteiger partial charge in [0.15, 0.2) is 0 Å². The Bertz CT molecular complexity index is 557. The summed E-state index contributed by atoms with van der Waals surface area (Å²) in [5, 5.41) is 13.0. The maximum Gasteiger partial charge on any atom is 0.279 e. The SMILES string of the molecule is Cc1noc(C)c1C(C)NS(=O)(=O)N1CCC(CO)CC1. The van der Waals surface area contributed by atoms with Crippen molar-refractivity contribution in [1.82, 2.24) is 14.2 Å². The Balaban J connectivity index is 2.04. The van der Waals surface area contributed by atoms with Crippen LogP contribution in [0.4, 0.5) is 0 Å². The standard InChI is InChI=1S/C13H23N3O4S/c1-9-13(11(3)20-14-9)10(2)15-21(18,19)16-6-4-12(8-17)5-7-16/h10,12,15,17H,4-8H2,1-3H3. The highest BCUT2D eigenvalue weighted by atomic mass is 32.2. The van der Waals surface area contributed by atoms with Gasteiger partial charge in [-0.15, -0.1) is 0 Å². The lowest BCUT2D eigenvalue weighted by molar-refractivity contribution is 0.169. The van der Waals surface area contributed by atoms with Crippen LogP contribution in [-0.2, 0) is 10.2 Å². The van der Waals surface area contributed by atoms with Gasteiger partial charge in [-0.05, 0) is 39.5 Å². The number of nitrogens with one attached hydrogen (secondary N) is 1.